The molecule has 0 saturated carbocycles. The molecule has 0 aliphatic rings. The number of pyridine rings is 1. The van der Waals surface area contributed by atoms with E-state index in [0.717, 1.165) is 11.8 Å². The number of nitrogens with zero attached hydrogens (tertiary/aromatic N) is 1. The summed E-state index contributed by atoms with van der Waals surface area (Å²) in [6, 6.07) is 2.44. The first-order valence-corrected chi connectivity index (χ1v) is 2.28. The Labute approximate surface area is 47.2 Å². The molecule has 0 unspecified atom stereocenters. The maximum atomic E-state index is 12.0. The van der Waals surface area contributed by atoms with Gasteiger partial charge < -0.3 is 0 Å². The zero-order valence-electron chi connectivity index (χ0n) is 4.48. The van der Waals surface area contributed by atoms with E-state index in [4.69, 9.17) is 0 Å². The SMILES string of the molecule is Cc1[c]c(F)cnc1. The Morgan fingerprint density at radius 2 is 2.38 bits per heavy atom. The monoisotopic (exact) mass is 110 g/mol. The lowest BCUT2D eigenvalue weighted by Gasteiger charge is -1.85. The summed E-state index contributed by atoms with van der Waals surface area (Å²) in [6.45, 7) is 1.75. The van der Waals surface area contributed by atoms with Gasteiger partial charge in [0.15, 0.2) is 0 Å². The average molecular weight is 110 g/mol. The number of rotatable bonds is 0. The fourth-order valence-electron chi connectivity index (χ4n) is 0.467. The van der Waals surface area contributed by atoms with E-state index in [9.17, 15) is 4.39 Å². The number of hydrogen-bond donors (Lipinski definition) is 0. The van der Waals surface area contributed by atoms with Crippen LogP contribution in [-0.2, 0) is 0 Å². The smallest absolute Gasteiger partial charge is 0.149 e. The van der Waals surface area contributed by atoms with Gasteiger partial charge in [-0.25, -0.2) is 4.39 Å². The van der Waals surface area contributed by atoms with Crippen molar-refractivity contribution in [2.75, 3.05) is 0 Å². The molecule has 0 aliphatic heterocycles. The topological polar surface area (TPSA) is 12.9 Å². The Morgan fingerprint density at radius 3 is 2.75 bits per heavy atom. The van der Waals surface area contributed by atoms with Crippen LogP contribution in [0.15, 0.2) is 12.4 Å². The van der Waals surface area contributed by atoms with Crippen molar-refractivity contribution in [3.63, 3.8) is 0 Å². The van der Waals surface area contributed by atoms with Crippen molar-refractivity contribution in [2.45, 2.75) is 6.92 Å². The van der Waals surface area contributed by atoms with E-state index in [2.05, 4.69) is 11.1 Å². The molecule has 1 heterocycles. The van der Waals surface area contributed by atoms with Crippen LogP contribution in [0.5, 0.6) is 0 Å². The quantitative estimate of drug-likeness (QED) is 0.491. The molecule has 0 aromatic carbocycles. The largest absolute Gasteiger partial charge is 0.261 e. The van der Waals surface area contributed by atoms with Crippen molar-refractivity contribution in [1.29, 1.82) is 0 Å². The Balaban J connectivity index is 3.08. The zero-order chi connectivity index (χ0) is 5.98. The molecule has 1 rings (SSSR count). The number of aryl methyl sites for hydroxylation is 1. The molecule has 0 bridgehead atoms. The van der Waals surface area contributed by atoms with Crippen molar-refractivity contribution < 1.29 is 4.39 Å². The first-order valence-electron chi connectivity index (χ1n) is 2.28. The molecule has 0 aliphatic carbocycles. The fourth-order valence-corrected chi connectivity index (χ4v) is 0.467. The molecule has 41 valence electrons. The van der Waals surface area contributed by atoms with E-state index in [0.29, 0.717) is 0 Å². The Bertz CT molecular complexity index is 168. The Morgan fingerprint density at radius 1 is 1.62 bits per heavy atom. The summed E-state index contributed by atoms with van der Waals surface area (Å²) in [5, 5.41) is 0. The van der Waals surface area contributed by atoms with Crippen LogP contribution in [0.4, 0.5) is 4.39 Å². The van der Waals surface area contributed by atoms with Gasteiger partial charge in [0.05, 0.1) is 6.20 Å². The van der Waals surface area contributed by atoms with Gasteiger partial charge in [-0.1, -0.05) is 0 Å². The number of aromatic nitrogens is 1. The normalized spacial score (nSPS) is 9.25. The van der Waals surface area contributed by atoms with Gasteiger partial charge >= 0.3 is 0 Å². The van der Waals surface area contributed by atoms with E-state index in [-0.39, 0.29) is 0 Å². The third kappa shape index (κ3) is 1.03. The standard InChI is InChI=1S/C6H5FN/c1-5-2-6(7)4-8-3-5/h3-4H,1H3. The fraction of sp³-hybridized carbons (Fsp3) is 0.167. The van der Waals surface area contributed by atoms with Crippen LogP contribution in [0.25, 0.3) is 0 Å². The number of halogens is 1. The minimum atomic E-state index is -0.398. The summed E-state index contributed by atoms with van der Waals surface area (Å²) in [6.07, 6.45) is 2.69. The van der Waals surface area contributed by atoms with Crippen molar-refractivity contribution in [3.05, 3.63) is 29.8 Å². The summed E-state index contributed by atoms with van der Waals surface area (Å²) in [7, 11) is 0. The van der Waals surface area contributed by atoms with Gasteiger partial charge in [-0.05, 0) is 12.5 Å². The molecule has 1 radical (unpaired) electrons. The lowest BCUT2D eigenvalue weighted by molar-refractivity contribution is 0.617. The van der Waals surface area contributed by atoms with E-state index >= 15 is 0 Å². The van der Waals surface area contributed by atoms with Gasteiger partial charge in [0.1, 0.15) is 5.82 Å². The Kier molecular flexibility index (Phi) is 1.24. The second-order valence-electron chi connectivity index (χ2n) is 1.56. The third-order valence-corrected chi connectivity index (χ3v) is 0.773. The van der Waals surface area contributed by atoms with Gasteiger partial charge in [0.25, 0.3) is 0 Å². The maximum absolute atomic E-state index is 12.0. The molecule has 0 N–H and O–H groups in total. The molecule has 1 nitrogen and oxygen atoms in total. The summed E-state index contributed by atoms with van der Waals surface area (Å²) in [4.78, 5) is 3.58. The van der Waals surface area contributed by atoms with E-state index < -0.39 is 5.82 Å². The summed E-state index contributed by atoms with van der Waals surface area (Å²) >= 11 is 0. The van der Waals surface area contributed by atoms with Gasteiger partial charge in [-0.15, -0.1) is 0 Å². The maximum Gasteiger partial charge on any atom is 0.149 e. The van der Waals surface area contributed by atoms with E-state index in [1.807, 2.05) is 0 Å². The zero-order valence-corrected chi connectivity index (χ0v) is 4.48. The van der Waals surface area contributed by atoms with Gasteiger partial charge in [-0.3, -0.25) is 4.98 Å². The average Bonchev–Trinajstić information content (AvgIpc) is 1.64. The van der Waals surface area contributed by atoms with Crippen LogP contribution < -0.4 is 0 Å². The molecule has 2 heteroatoms. The van der Waals surface area contributed by atoms with Gasteiger partial charge in [-0.2, -0.15) is 0 Å². The molecule has 0 fully saturated rings. The number of hydrogen-bond acceptors (Lipinski definition) is 1. The van der Waals surface area contributed by atoms with Crippen LogP contribution in [-0.4, -0.2) is 4.98 Å². The minimum Gasteiger partial charge on any atom is -0.261 e. The van der Waals surface area contributed by atoms with Crippen molar-refractivity contribution in [2.24, 2.45) is 0 Å². The molecule has 0 spiro atoms. The van der Waals surface area contributed by atoms with Crippen LogP contribution in [0.2, 0.25) is 0 Å². The van der Waals surface area contributed by atoms with Crippen molar-refractivity contribution in [1.82, 2.24) is 4.98 Å². The van der Waals surface area contributed by atoms with Gasteiger partial charge in [0.2, 0.25) is 0 Å². The summed E-state index contributed by atoms with van der Waals surface area (Å²) in [5.74, 6) is -0.398. The highest BCUT2D eigenvalue weighted by molar-refractivity contribution is 5.04. The van der Waals surface area contributed by atoms with Gasteiger partial charge in [0, 0.05) is 12.3 Å². The van der Waals surface area contributed by atoms with Crippen LogP contribution in [0, 0.1) is 18.8 Å². The summed E-state index contributed by atoms with van der Waals surface area (Å²) < 4.78 is 12.0. The molecule has 0 saturated heterocycles. The van der Waals surface area contributed by atoms with E-state index in [1.54, 1.807) is 13.1 Å². The molecular formula is C6H5FN. The molecule has 0 atom stereocenters. The minimum absolute atomic E-state index is 0.398. The lowest BCUT2D eigenvalue weighted by Crippen LogP contribution is -1.79. The molecule has 1 aromatic rings. The first-order chi connectivity index (χ1) is 3.79. The van der Waals surface area contributed by atoms with Crippen molar-refractivity contribution in [3.8, 4) is 0 Å². The first kappa shape index (κ1) is 5.22. The van der Waals surface area contributed by atoms with Crippen LogP contribution >= 0.6 is 0 Å². The van der Waals surface area contributed by atoms with Crippen LogP contribution in [0.3, 0.4) is 0 Å². The highest BCUT2D eigenvalue weighted by Gasteiger charge is 1.87. The second-order valence-corrected chi connectivity index (χ2v) is 1.56. The Hall–Kier alpha value is -0.920. The molecule has 1 aromatic heterocycles. The van der Waals surface area contributed by atoms with E-state index in [1.165, 1.54) is 0 Å². The molecule has 0 amide bonds. The highest BCUT2D eigenvalue weighted by atomic mass is 19.1. The highest BCUT2D eigenvalue weighted by Crippen LogP contribution is 1.95. The molecular weight excluding hydrogens is 105 g/mol. The molecule has 8 heavy (non-hydrogen) atoms. The lowest BCUT2D eigenvalue weighted by atomic mass is 10.3. The second kappa shape index (κ2) is 1.90. The van der Waals surface area contributed by atoms with Crippen LogP contribution in [0.1, 0.15) is 5.56 Å². The predicted molar refractivity (Wildman–Crippen MR) is 27.8 cm³/mol. The van der Waals surface area contributed by atoms with Crippen molar-refractivity contribution >= 4 is 0 Å². The summed E-state index contributed by atoms with van der Waals surface area (Å²) in [5.41, 5.74) is 0.727. The third-order valence-electron chi connectivity index (χ3n) is 0.773. The predicted octanol–water partition coefficient (Wildman–Crippen LogP) is 1.33.